The largest absolute Gasteiger partial charge is 0.379 e. The summed E-state index contributed by atoms with van der Waals surface area (Å²) in [5, 5.41) is 11.5. The summed E-state index contributed by atoms with van der Waals surface area (Å²) in [5.41, 5.74) is 2.23. The van der Waals surface area contributed by atoms with Gasteiger partial charge in [-0.3, -0.25) is 4.68 Å². The number of rotatable bonds is 5. The van der Waals surface area contributed by atoms with Gasteiger partial charge in [-0.1, -0.05) is 6.92 Å². The van der Waals surface area contributed by atoms with Gasteiger partial charge in [0.1, 0.15) is 0 Å². The first-order valence-electron chi connectivity index (χ1n) is 7.01. The Bertz CT molecular complexity index is 698. The SMILES string of the molecule is CCC(C)n1ccc(CNc2ccc3sccc3c2)n1. The fourth-order valence-electron chi connectivity index (χ4n) is 2.17. The molecule has 0 aliphatic heterocycles. The molecule has 1 unspecified atom stereocenters. The van der Waals surface area contributed by atoms with Crippen LogP contribution in [0.25, 0.3) is 10.1 Å². The third-order valence-corrected chi connectivity index (χ3v) is 4.53. The van der Waals surface area contributed by atoms with Crippen molar-refractivity contribution < 1.29 is 0 Å². The molecule has 3 rings (SSSR count). The van der Waals surface area contributed by atoms with Crippen LogP contribution in [-0.4, -0.2) is 9.78 Å². The van der Waals surface area contributed by atoms with E-state index in [0.717, 1.165) is 24.3 Å². The number of nitrogens with one attached hydrogen (secondary N) is 1. The molecule has 0 spiro atoms. The van der Waals surface area contributed by atoms with Crippen LogP contribution in [0.2, 0.25) is 0 Å². The summed E-state index contributed by atoms with van der Waals surface area (Å²) >= 11 is 1.78. The van der Waals surface area contributed by atoms with Crippen LogP contribution in [0.4, 0.5) is 5.69 Å². The van der Waals surface area contributed by atoms with E-state index in [2.05, 4.69) is 66.2 Å². The van der Waals surface area contributed by atoms with Crippen LogP contribution < -0.4 is 5.32 Å². The minimum atomic E-state index is 0.464. The lowest BCUT2D eigenvalue weighted by Crippen LogP contribution is -2.06. The molecule has 0 radical (unpaired) electrons. The molecule has 3 nitrogen and oxygen atoms in total. The van der Waals surface area contributed by atoms with Gasteiger partial charge in [0.05, 0.1) is 12.2 Å². The average molecular weight is 285 g/mol. The molecule has 1 aromatic carbocycles. The lowest BCUT2D eigenvalue weighted by atomic mass is 10.2. The van der Waals surface area contributed by atoms with Crippen molar-refractivity contribution in [1.29, 1.82) is 0 Å². The highest BCUT2D eigenvalue weighted by atomic mass is 32.1. The minimum Gasteiger partial charge on any atom is -0.379 e. The Balaban J connectivity index is 1.67. The van der Waals surface area contributed by atoms with Gasteiger partial charge in [0.25, 0.3) is 0 Å². The van der Waals surface area contributed by atoms with Crippen LogP contribution in [-0.2, 0) is 6.54 Å². The van der Waals surface area contributed by atoms with E-state index in [9.17, 15) is 0 Å². The van der Waals surface area contributed by atoms with Crippen LogP contribution in [0.5, 0.6) is 0 Å². The van der Waals surface area contributed by atoms with Gasteiger partial charge < -0.3 is 5.32 Å². The number of thiophene rings is 1. The maximum atomic E-state index is 4.60. The van der Waals surface area contributed by atoms with Gasteiger partial charge in [0, 0.05) is 22.6 Å². The fourth-order valence-corrected chi connectivity index (χ4v) is 2.94. The zero-order chi connectivity index (χ0) is 13.9. The first-order valence-corrected chi connectivity index (χ1v) is 7.89. The summed E-state index contributed by atoms with van der Waals surface area (Å²) in [7, 11) is 0. The van der Waals surface area contributed by atoms with E-state index in [1.165, 1.54) is 10.1 Å². The molecular weight excluding hydrogens is 266 g/mol. The lowest BCUT2D eigenvalue weighted by Gasteiger charge is -2.08. The first-order chi connectivity index (χ1) is 9.76. The van der Waals surface area contributed by atoms with Crippen LogP contribution in [0.15, 0.2) is 41.9 Å². The summed E-state index contributed by atoms with van der Waals surface area (Å²) in [4.78, 5) is 0. The first kappa shape index (κ1) is 13.2. The predicted octanol–water partition coefficient (Wildman–Crippen LogP) is 4.68. The Kier molecular flexibility index (Phi) is 3.74. The summed E-state index contributed by atoms with van der Waals surface area (Å²) < 4.78 is 3.37. The van der Waals surface area contributed by atoms with E-state index >= 15 is 0 Å². The molecule has 2 heterocycles. The number of nitrogens with zero attached hydrogens (tertiary/aromatic N) is 2. The number of aromatic nitrogens is 2. The van der Waals surface area contributed by atoms with Gasteiger partial charge in [0.15, 0.2) is 0 Å². The fraction of sp³-hybridized carbons (Fsp3) is 0.312. The molecule has 1 atom stereocenters. The average Bonchev–Trinajstić information content (AvgIpc) is 3.12. The highest BCUT2D eigenvalue weighted by Crippen LogP contribution is 2.24. The molecule has 0 aliphatic rings. The number of hydrogen-bond acceptors (Lipinski definition) is 3. The Morgan fingerprint density at radius 1 is 1.30 bits per heavy atom. The standard InChI is InChI=1S/C16H19N3S/c1-3-12(2)19-8-6-15(18-19)11-17-14-4-5-16-13(10-14)7-9-20-16/h4-10,12,17H,3,11H2,1-2H3. The topological polar surface area (TPSA) is 29.9 Å². The van der Waals surface area contributed by atoms with Crippen molar-refractivity contribution in [3.8, 4) is 0 Å². The molecule has 20 heavy (non-hydrogen) atoms. The van der Waals surface area contributed by atoms with E-state index in [-0.39, 0.29) is 0 Å². The quantitative estimate of drug-likeness (QED) is 0.737. The summed E-state index contributed by atoms with van der Waals surface area (Å²) in [6.07, 6.45) is 3.16. The van der Waals surface area contributed by atoms with E-state index in [1.807, 2.05) is 4.68 Å². The second-order valence-corrected chi connectivity index (χ2v) is 6.02. The van der Waals surface area contributed by atoms with Gasteiger partial charge >= 0.3 is 0 Å². The number of benzene rings is 1. The monoisotopic (exact) mass is 285 g/mol. The van der Waals surface area contributed by atoms with Crippen molar-refractivity contribution in [2.75, 3.05) is 5.32 Å². The Hall–Kier alpha value is -1.81. The molecule has 0 fully saturated rings. The summed E-state index contributed by atoms with van der Waals surface area (Å²) in [6, 6.07) is 11.2. The molecule has 1 N–H and O–H groups in total. The maximum absolute atomic E-state index is 4.60. The molecular formula is C16H19N3S. The third kappa shape index (κ3) is 2.70. The summed E-state index contributed by atoms with van der Waals surface area (Å²) in [6.45, 7) is 5.13. The van der Waals surface area contributed by atoms with E-state index < -0.39 is 0 Å². The molecule has 3 aromatic rings. The third-order valence-electron chi connectivity index (χ3n) is 3.63. The molecule has 2 aromatic heterocycles. The highest BCUT2D eigenvalue weighted by Gasteiger charge is 2.04. The molecule has 0 amide bonds. The normalized spacial score (nSPS) is 12.7. The minimum absolute atomic E-state index is 0.464. The van der Waals surface area contributed by atoms with Crippen molar-refractivity contribution >= 4 is 27.1 Å². The zero-order valence-electron chi connectivity index (χ0n) is 11.8. The number of hydrogen-bond donors (Lipinski definition) is 1. The molecule has 104 valence electrons. The van der Waals surface area contributed by atoms with Crippen molar-refractivity contribution in [1.82, 2.24) is 9.78 Å². The van der Waals surface area contributed by atoms with Crippen LogP contribution in [0.1, 0.15) is 32.0 Å². The molecule has 0 saturated carbocycles. The maximum Gasteiger partial charge on any atom is 0.0815 e. The van der Waals surface area contributed by atoms with Crippen LogP contribution in [0.3, 0.4) is 0 Å². The van der Waals surface area contributed by atoms with Crippen molar-refractivity contribution in [3.05, 3.63) is 47.6 Å². The van der Waals surface area contributed by atoms with Crippen molar-refractivity contribution in [2.45, 2.75) is 32.9 Å². The van der Waals surface area contributed by atoms with Crippen LogP contribution in [0, 0.1) is 0 Å². The van der Waals surface area contributed by atoms with Gasteiger partial charge in [-0.15, -0.1) is 11.3 Å². The predicted molar refractivity (Wildman–Crippen MR) is 86.4 cm³/mol. The Labute approximate surface area is 123 Å². The number of anilines is 1. The smallest absolute Gasteiger partial charge is 0.0815 e. The Morgan fingerprint density at radius 2 is 2.20 bits per heavy atom. The van der Waals surface area contributed by atoms with E-state index in [4.69, 9.17) is 0 Å². The van der Waals surface area contributed by atoms with Gasteiger partial charge in [-0.25, -0.2) is 0 Å². The van der Waals surface area contributed by atoms with E-state index in [1.54, 1.807) is 11.3 Å². The van der Waals surface area contributed by atoms with Gasteiger partial charge in [0.2, 0.25) is 0 Å². The van der Waals surface area contributed by atoms with Crippen LogP contribution >= 0.6 is 11.3 Å². The lowest BCUT2D eigenvalue weighted by molar-refractivity contribution is 0.474. The second-order valence-electron chi connectivity index (χ2n) is 5.07. The molecule has 0 bridgehead atoms. The van der Waals surface area contributed by atoms with Gasteiger partial charge in [-0.05, 0) is 54.4 Å². The highest BCUT2D eigenvalue weighted by molar-refractivity contribution is 7.17. The zero-order valence-corrected chi connectivity index (χ0v) is 12.7. The van der Waals surface area contributed by atoms with Gasteiger partial charge in [-0.2, -0.15) is 5.10 Å². The molecule has 0 aliphatic carbocycles. The van der Waals surface area contributed by atoms with Crippen molar-refractivity contribution in [2.24, 2.45) is 0 Å². The summed E-state index contributed by atoms with van der Waals surface area (Å²) in [5.74, 6) is 0. The number of fused-ring (bicyclic) bond motifs is 1. The molecule has 4 heteroatoms. The second kappa shape index (κ2) is 5.67. The Morgan fingerprint density at radius 3 is 3.05 bits per heavy atom. The molecule has 0 saturated heterocycles. The van der Waals surface area contributed by atoms with Crippen molar-refractivity contribution in [3.63, 3.8) is 0 Å². The van der Waals surface area contributed by atoms with E-state index in [0.29, 0.717) is 6.04 Å².